The van der Waals surface area contributed by atoms with Crippen LogP contribution in [0.25, 0.3) is 0 Å². The fraction of sp³-hybridized carbons (Fsp3) is 0. The zero-order valence-corrected chi connectivity index (χ0v) is 3.94. The van der Waals surface area contributed by atoms with Gasteiger partial charge in [0.15, 0.2) is 0 Å². The molecule has 3 nitrogen and oxygen atoms in total. The molecule has 0 aliphatic carbocycles. The van der Waals surface area contributed by atoms with Gasteiger partial charge in [0.05, 0.1) is 0 Å². The number of hydrogen-bond acceptors (Lipinski definition) is 1. The molecule has 0 rings (SSSR count). The van der Waals surface area contributed by atoms with Crippen LogP contribution in [0, 0.1) is 0 Å². The van der Waals surface area contributed by atoms with Crippen molar-refractivity contribution in [2.75, 3.05) is 0 Å². The second-order valence-electron chi connectivity index (χ2n) is 0.0816. The van der Waals surface area contributed by atoms with Gasteiger partial charge in [-0.1, -0.05) is 0 Å². The predicted molar refractivity (Wildman–Crippen MR) is 13.4 cm³/mol. The molecular formula is H3CuO3P. The Hall–Kier alpha value is 0.539. The fourth-order valence-corrected chi connectivity index (χ4v) is 0. The summed E-state index contributed by atoms with van der Waals surface area (Å²) in [6.07, 6.45) is 0. The second kappa shape index (κ2) is 24.0. The van der Waals surface area contributed by atoms with Crippen molar-refractivity contribution in [3.63, 3.8) is 0 Å². The Bertz CT molecular complexity index is 14.4. The van der Waals surface area contributed by atoms with Gasteiger partial charge in [0.1, 0.15) is 0 Å². The van der Waals surface area contributed by atoms with Crippen molar-refractivity contribution >= 4 is 8.69 Å². The maximum atomic E-state index is 8.46. The number of hydrogen-bond donors (Lipinski definition) is 1. The van der Waals surface area contributed by atoms with Crippen LogP contribution in [-0.4, -0.2) is 10.4 Å². The van der Waals surface area contributed by atoms with Gasteiger partial charge in [-0.05, 0) is 0 Å². The van der Waals surface area contributed by atoms with Crippen LogP contribution in [0.5, 0.6) is 0 Å². The third-order valence-corrected chi connectivity index (χ3v) is 0. The van der Waals surface area contributed by atoms with Crippen molar-refractivity contribution in [3.8, 4) is 0 Å². The molecule has 0 aromatic carbocycles. The van der Waals surface area contributed by atoms with Crippen molar-refractivity contribution in [2.24, 2.45) is 0 Å². The molecule has 37 valence electrons. The zero-order chi connectivity index (χ0) is 2.71. The molecule has 0 aliphatic heterocycles. The van der Waals surface area contributed by atoms with Crippen LogP contribution in [0.4, 0.5) is 0 Å². The van der Waals surface area contributed by atoms with Gasteiger partial charge >= 0.3 is 8.69 Å². The van der Waals surface area contributed by atoms with Gasteiger partial charge in [-0.15, -0.1) is 0 Å². The summed E-state index contributed by atoms with van der Waals surface area (Å²) in [5.74, 6) is 0. The maximum Gasteiger partial charge on any atom is 0.324 e. The third-order valence-electron chi connectivity index (χ3n) is 0. The Kier molecular flexibility index (Phi) is 84.9. The summed E-state index contributed by atoms with van der Waals surface area (Å²) in [4.78, 5) is 6.99. The Morgan fingerprint density at radius 2 is 1.60 bits per heavy atom. The Morgan fingerprint density at radius 1 is 1.60 bits per heavy atom. The Labute approximate surface area is 41.5 Å². The average molecular weight is 146 g/mol. The van der Waals surface area contributed by atoms with Gasteiger partial charge in [-0.2, -0.15) is 0 Å². The molecule has 1 radical (unpaired) electrons. The normalized spacial score (nSPS) is 4.20. The molecule has 0 atom stereocenters. The van der Waals surface area contributed by atoms with E-state index in [0.717, 1.165) is 0 Å². The molecule has 5 heavy (non-hydrogen) atoms. The summed E-state index contributed by atoms with van der Waals surface area (Å²) in [5.41, 5.74) is 0. The number of rotatable bonds is 0. The van der Waals surface area contributed by atoms with Gasteiger partial charge in [0.25, 0.3) is 0 Å². The van der Waals surface area contributed by atoms with E-state index in [1.807, 2.05) is 0 Å². The zero-order valence-electron chi connectivity index (χ0n) is 2.10. The SMILES string of the molecule is O.O=PO.[Cu]. The minimum Gasteiger partial charge on any atom is -0.412 e. The van der Waals surface area contributed by atoms with Crippen molar-refractivity contribution in [2.45, 2.75) is 0 Å². The Balaban J connectivity index is -0.0000000200. The quantitative estimate of drug-likeness (QED) is 0.364. The fourth-order valence-electron chi connectivity index (χ4n) is 0. The minimum absolute atomic E-state index is 0. The first-order valence-electron chi connectivity index (χ1n) is 0.383. The molecule has 0 fully saturated rings. The summed E-state index contributed by atoms with van der Waals surface area (Å²) in [7, 11) is -0.833. The van der Waals surface area contributed by atoms with E-state index in [1.165, 1.54) is 0 Å². The van der Waals surface area contributed by atoms with E-state index in [-0.39, 0.29) is 22.5 Å². The van der Waals surface area contributed by atoms with Crippen LogP contribution in [0.3, 0.4) is 0 Å². The van der Waals surface area contributed by atoms with Crippen molar-refractivity contribution in [1.29, 1.82) is 0 Å². The van der Waals surface area contributed by atoms with Crippen LogP contribution >= 0.6 is 8.69 Å². The van der Waals surface area contributed by atoms with E-state index in [4.69, 9.17) is 9.46 Å². The average Bonchev–Trinajstić information content (AvgIpc) is 0.918. The molecule has 0 saturated carbocycles. The van der Waals surface area contributed by atoms with Crippen molar-refractivity contribution in [3.05, 3.63) is 0 Å². The van der Waals surface area contributed by atoms with Gasteiger partial charge in [0.2, 0.25) is 0 Å². The summed E-state index contributed by atoms with van der Waals surface area (Å²) in [6, 6.07) is 0. The molecule has 0 saturated heterocycles. The topological polar surface area (TPSA) is 68.8 Å². The van der Waals surface area contributed by atoms with Crippen LogP contribution in [0.2, 0.25) is 0 Å². The molecule has 0 bridgehead atoms. The monoisotopic (exact) mass is 145 g/mol. The van der Waals surface area contributed by atoms with Gasteiger partial charge < -0.3 is 10.4 Å². The molecular weight excluding hydrogens is 143 g/mol. The van der Waals surface area contributed by atoms with E-state index >= 15 is 0 Å². The molecule has 0 aromatic rings. The molecule has 0 spiro atoms. The molecule has 0 aromatic heterocycles. The molecule has 3 N–H and O–H groups in total. The molecule has 0 aliphatic rings. The van der Waals surface area contributed by atoms with Crippen molar-refractivity contribution < 1.29 is 32.0 Å². The predicted octanol–water partition coefficient (Wildman–Crippen LogP) is -0.642. The first-order chi connectivity index (χ1) is 1.41. The smallest absolute Gasteiger partial charge is 0.324 e. The first kappa shape index (κ1) is 17.7. The van der Waals surface area contributed by atoms with Crippen LogP contribution in [-0.2, 0) is 21.6 Å². The van der Waals surface area contributed by atoms with Crippen molar-refractivity contribution in [1.82, 2.24) is 0 Å². The van der Waals surface area contributed by atoms with Crippen LogP contribution in [0.1, 0.15) is 0 Å². The minimum atomic E-state index is -0.833. The second-order valence-corrected chi connectivity index (χ2v) is 0.245. The van der Waals surface area contributed by atoms with E-state index in [1.54, 1.807) is 0 Å². The molecule has 0 amide bonds. The summed E-state index contributed by atoms with van der Waals surface area (Å²) in [5, 5.41) is 0. The standard InChI is InChI=1S/Cu.HO2P.H2O/c;1-3-2;/h;(H,1,2);1H2. The van der Waals surface area contributed by atoms with E-state index < -0.39 is 8.69 Å². The van der Waals surface area contributed by atoms with Gasteiger partial charge in [0, 0.05) is 17.1 Å². The molecule has 0 unspecified atom stereocenters. The van der Waals surface area contributed by atoms with Crippen LogP contribution < -0.4 is 0 Å². The first-order valence-corrected chi connectivity index (χ1v) is 1.15. The summed E-state index contributed by atoms with van der Waals surface area (Å²) >= 11 is 0. The largest absolute Gasteiger partial charge is 0.412 e. The van der Waals surface area contributed by atoms with Gasteiger partial charge in [-0.3, -0.25) is 0 Å². The van der Waals surface area contributed by atoms with E-state index in [0.29, 0.717) is 0 Å². The van der Waals surface area contributed by atoms with E-state index in [2.05, 4.69) is 0 Å². The summed E-state index contributed by atoms with van der Waals surface area (Å²) in [6.45, 7) is 0. The maximum absolute atomic E-state index is 8.46. The van der Waals surface area contributed by atoms with Crippen LogP contribution in [0.15, 0.2) is 0 Å². The molecule has 5 heteroatoms. The van der Waals surface area contributed by atoms with E-state index in [9.17, 15) is 0 Å². The Morgan fingerprint density at radius 3 is 1.60 bits per heavy atom. The summed E-state index contributed by atoms with van der Waals surface area (Å²) < 4.78 is 8.46. The van der Waals surface area contributed by atoms with Gasteiger partial charge in [-0.25, -0.2) is 4.57 Å². The third kappa shape index (κ3) is 101. The molecule has 0 heterocycles.